The lowest BCUT2D eigenvalue weighted by Crippen LogP contribution is -2.33. The van der Waals surface area contributed by atoms with Crippen molar-refractivity contribution in [3.63, 3.8) is 0 Å². The lowest BCUT2D eigenvalue weighted by Gasteiger charge is -2.35. The molecule has 16 aromatic carbocycles. The van der Waals surface area contributed by atoms with Gasteiger partial charge in [0.1, 0.15) is 22.3 Å². The molecular weight excluding hydrogens is 1040 g/mol. The zero-order chi connectivity index (χ0) is 56.1. The van der Waals surface area contributed by atoms with Gasteiger partial charge >= 0.3 is 0 Å². The Hall–Kier alpha value is -11.2. The molecule has 0 bridgehead atoms. The first-order chi connectivity index (χ1) is 42.5. The summed E-state index contributed by atoms with van der Waals surface area (Å²) in [6.45, 7) is 0. The molecule has 19 rings (SSSR count). The smallest absolute Gasteiger partial charge is 0.147 e. The van der Waals surface area contributed by atoms with Crippen LogP contribution in [0, 0.1) is 0 Å². The summed E-state index contributed by atoms with van der Waals surface area (Å²) in [5.74, 6) is 0. The molecule has 0 radical (unpaired) electrons. The molecule has 4 nitrogen and oxygen atoms in total. The highest BCUT2D eigenvalue weighted by Gasteiger charge is 2.27. The fourth-order valence-electron chi connectivity index (χ4n) is 14.6. The summed E-state index contributed by atoms with van der Waals surface area (Å²) < 4.78 is 13.9. The van der Waals surface area contributed by atoms with Crippen LogP contribution >= 0.6 is 0 Å². The number of fused-ring (bicyclic) bond motifs is 21. The van der Waals surface area contributed by atoms with Gasteiger partial charge in [-0.2, -0.15) is 0 Å². The van der Waals surface area contributed by atoms with Crippen LogP contribution in [0.3, 0.4) is 0 Å². The van der Waals surface area contributed by atoms with E-state index in [9.17, 15) is 0 Å². The zero-order valence-electron chi connectivity index (χ0n) is 46.6. The Kier molecular flexibility index (Phi) is 9.98. The minimum absolute atomic E-state index is 0.0330. The maximum Gasteiger partial charge on any atom is 0.147 e. The average molecular weight is 1100 g/mol. The van der Waals surface area contributed by atoms with Gasteiger partial charge in [0.25, 0.3) is 0 Å². The first-order valence-corrected chi connectivity index (χ1v) is 29.8. The molecule has 400 valence electrons. The van der Waals surface area contributed by atoms with Crippen LogP contribution in [0.4, 0.5) is 28.4 Å². The van der Waals surface area contributed by atoms with Gasteiger partial charge in [0.05, 0.1) is 11.4 Å². The highest BCUT2D eigenvalue weighted by Crippen LogP contribution is 2.46. The largest absolute Gasteiger partial charge is 0.456 e. The van der Waals surface area contributed by atoms with Gasteiger partial charge < -0.3 is 18.6 Å². The minimum Gasteiger partial charge on any atom is -0.456 e. The molecule has 18 aromatic rings. The molecule has 0 spiro atoms. The van der Waals surface area contributed by atoms with Gasteiger partial charge in [-0.05, 0) is 212 Å². The van der Waals surface area contributed by atoms with E-state index >= 15 is 0 Å². The molecule has 0 saturated carbocycles. The van der Waals surface area contributed by atoms with Crippen LogP contribution < -0.4 is 9.80 Å². The van der Waals surface area contributed by atoms with E-state index in [4.69, 9.17) is 8.83 Å². The Balaban J connectivity index is 0.714. The van der Waals surface area contributed by atoms with E-state index in [0.29, 0.717) is 0 Å². The van der Waals surface area contributed by atoms with Crippen molar-refractivity contribution in [3.05, 3.63) is 290 Å². The predicted molar refractivity (Wildman–Crippen MR) is 365 cm³/mol. The maximum atomic E-state index is 7.08. The second kappa shape index (κ2) is 18.1. The Morgan fingerprint density at radius 3 is 1.23 bits per heavy atom. The lowest BCUT2D eigenvalue weighted by atomic mass is 9.90. The van der Waals surface area contributed by atoms with Crippen molar-refractivity contribution >= 4 is 175 Å². The number of nitrogens with zero attached hydrogens (tertiary/aromatic N) is 2. The summed E-state index contributed by atoms with van der Waals surface area (Å²) in [6, 6.07) is 101. The van der Waals surface area contributed by atoms with Crippen molar-refractivity contribution in [1.82, 2.24) is 0 Å². The van der Waals surface area contributed by atoms with E-state index in [2.05, 4.69) is 295 Å². The fraction of sp³-hybridized carbons (Fsp3) is 0.0244. The second-order valence-corrected chi connectivity index (χ2v) is 23.6. The summed E-state index contributed by atoms with van der Waals surface area (Å²) in [5.41, 5.74) is 11.4. The quantitative estimate of drug-likeness (QED) is 0.155. The third-order valence-corrected chi connectivity index (χ3v) is 18.8. The van der Waals surface area contributed by atoms with Gasteiger partial charge in [-0.25, -0.2) is 0 Å². The lowest BCUT2D eigenvalue weighted by molar-refractivity contribution is 0.662. The van der Waals surface area contributed by atoms with E-state index in [1.165, 1.54) is 97.3 Å². The van der Waals surface area contributed by atoms with Gasteiger partial charge in [-0.1, -0.05) is 188 Å². The maximum absolute atomic E-state index is 7.08. The van der Waals surface area contributed by atoms with E-state index in [1.807, 2.05) is 0 Å². The monoisotopic (exact) mass is 1090 g/mol. The van der Waals surface area contributed by atoms with Crippen LogP contribution in [0.2, 0.25) is 0 Å². The van der Waals surface area contributed by atoms with E-state index in [0.717, 1.165) is 89.5 Å². The van der Waals surface area contributed by atoms with E-state index in [-0.39, 0.29) is 6.04 Å². The van der Waals surface area contributed by atoms with Crippen molar-refractivity contribution in [2.24, 2.45) is 0 Å². The molecule has 2 heterocycles. The predicted octanol–water partition coefficient (Wildman–Crippen LogP) is 23.1. The first kappa shape index (κ1) is 47.3. The molecule has 0 N–H and O–H groups in total. The molecule has 4 heteroatoms. The number of rotatable bonds is 6. The van der Waals surface area contributed by atoms with Crippen molar-refractivity contribution in [3.8, 4) is 0 Å². The Morgan fingerprint density at radius 1 is 0.279 bits per heavy atom. The average Bonchev–Trinajstić information content (AvgIpc) is 2.49. The number of furan rings is 2. The molecule has 1 aliphatic carbocycles. The SMILES string of the molecule is C1=CC(N(c2ccc3c(ccc4ccccc43)c2)c2ccc3c(ccc4ccccc43)c2)Cc2cc3oc4ccc5c6cc7ccc(N(c8ccc9c(ccc%10ccccc%109)c8)c8ccc9c(ccc%10ccccc%109)c8)cc7cc6oc5c4c3cc21. The molecule has 0 aliphatic heterocycles. The highest BCUT2D eigenvalue weighted by molar-refractivity contribution is 6.24. The molecule has 0 saturated heterocycles. The molecule has 2 aromatic heterocycles. The molecular formula is C82H50N2O2. The summed E-state index contributed by atoms with van der Waals surface area (Å²) >= 11 is 0. The van der Waals surface area contributed by atoms with Crippen LogP contribution in [0.15, 0.2) is 288 Å². The van der Waals surface area contributed by atoms with Crippen molar-refractivity contribution < 1.29 is 8.83 Å². The van der Waals surface area contributed by atoms with Crippen LogP contribution in [0.5, 0.6) is 0 Å². The number of anilines is 5. The Morgan fingerprint density at radius 2 is 0.698 bits per heavy atom. The van der Waals surface area contributed by atoms with Gasteiger partial charge in [0, 0.05) is 44.6 Å². The minimum atomic E-state index is 0.0330. The number of hydrogen-bond acceptors (Lipinski definition) is 4. The highest BCUT2D eigenvalue weighted by atomic mass is 16.3. The van der Waals surface area contributed by atoms with Crippen molar-refractivity contribution in [1.29, 1.82) is 0 Å². The Labute approximate surface area is 493 Å². The van der Waals surface area contributed by atoms with Gasteiger partial charge in [-0.3, -0.25) is 0 Å². The normalized spacial score (nSPS) is 13.6. The van der Waals surface area contributed by atoms with E-state index in [1.54, 1.807) is 0 Å². The van der Waals surface area contributed by atoms with Gasteiger partial charge in [0.2, 0.25) is 0 Å². The number of benzene rings is 16. The van der Waals surface area contributed by atoms with Crippen LogP contribution in [-0.2, 0) is 6.42 Å². The molecule has 1 unspecified atom stereocenters. The topological polar surface area (TPSA) is 32.8 Å². The second-order valence-electron chi connectivity index (χ2n) is 23.6. The number of hydrogen-bond donors (Lipinski definition) is 0. The third kappa shape index (κ3) is 7.23. The van der Waals surface area contributed by atoms with Crippen molar-refractivity contribution in [2.45, 2.75) is 12.5 Å². The van der Waals surface area contributed by atoms with Gasteiger partial charge in [-0.15, -0.1) is 0 Å². The standard InChI is InChI=1S/C82H50N2O2/c1-5-13-67-49(9-1)17-21-55-39-63(29-33-71(55)67)83(64-30-34-72-56(40-64)22-18-50-10-2-6-14-68(50)72)61-27-25-53-45-76-75-37-38-78-81(82(75)86-79(76)47-59(53)43-61)77-46-54-26-28-62(44-60(54)48-80(77)85-78)84(65-31-35-73-57(41-65)23-19-51-11-3-7-15-69(51)73)66-32-36-74-58(42-66)24-20-52-12-4-8-16-70(52)74/h1-43,45-48,62H,44H2. The fourth-order valence-corrected chi connectivity index (χ4v) is 14.6. The molecule has 1 atom stereocenters. The van der Waals surface area contributed by atoms with Crippen LogP contribution in [0.1, 0.15) is 11.1 Å². The zero-order valence-corrected chi connectivity index (χ0v) is 46.6. The summed E-state index contributed by atoms with van der Waals surface area (Å²) in [7, 11) is 0. The summed E-state index contributed by atoms with van der Waals surface area (Å²) in [5, 5.41) is 26.4. The van der Waals surface area contributed by atoms with Crippen LogP contribution in [-0.4, -0.2) is 6.04 Å². The molecule has 86 heavy (non-hydrogen) atoms. The summed E-state index contributed by atoms with van der Waals surface area (Å²) in [4.78, 5) is 4.93. The summed E-state index contributed by atoms with van der Waals surface area (Å²) in [6.07, 6.45) is 5.52. The Bertz CT molecular complexity index is 5750. The van der Waals surface area contributed by atoms with Crippen LogP contribution in [0.25, 0.3) is 147 Å². The molecule has 1 aliphatic rings. The van der Waals surface area contributed by atoms with Crippen molar-refractivity contribution in [2.75, 3.05) is 9.80 Å². The first-order valence-electron chi connectivity index (χ1n) is 29.8. The molecule has 0 fully saturated rings. The third-order valence-electron chi connectivity index (χ3n) is 18.8. The van der Waals surface area contributed by atoms with E-state index < -0.39 is 0 Å². The van der Waals surface area contributed by atoms with Gasteiger partial charge in [0.15, 0.2) is 0 Å². The molecule has 0 amide bonds.